The maximum atomic E-state index is 10.8. The van der Waals surface area contributed by atoms with Crippen LogP contribution < -0.4 is 10.6 Å². The van der Waals surface area contributed by atoms with Crippen LogP contribution in [-0.2, 0) is 6.54 Å². The molecule has 1 heterocycles. The predicted molar refractivity (Wildman–Crippen MR) is 108 cm³/mol. The molecule has 1 aromatic carbocycles. The van der Waals surface area contributed by atoms with Crippen LogP contribution in [0, 0.1) is 10.1 Å². The van der Waals surface area contributed by atoms with Crippen LogP contribution in [0.25, 0.3) is 0 Å². The average Bonchev–Trinajstić information content (AvgIpc) is 3.35. The van der Waals surface area contributed by atoms with E-state index < -0.39 is 0 Å². The number of nitrogens with zero attached hydrogens (tertiary/aromatic N) is 3. The molecule has 27 heavy (non-hydrogen) atoms. The molecule has 1 saturated heterocycles. The highest BCUT2D eigenvalue weighted by atomic mass is 16.6. The third-order valence-electron chi connectivity index (χ3n) is 5.67. The first-order valence-corrected chi connectivity index (χ1v) is 10.2. The van der Waals surface area contributed by atoms with Crippen LogP contribution >= 0.6 is 0 Å². The fraction of sp³-hybridized carbons (Fsp3) is 0.650. The summed E-state index contributed by atoms with van der Waals surface area (Å²) in [4.78, 5) is 17.7. The first-order valence-electron chi connectivity index (χ1n) is 10.2. The van der Waals surface area contributed by atoms with Gasteiger partial charge in [-0.3, -0.25) is 15.0 Å². The van der Waals surface area contributed by atoms with Gasteiger partial charge in [0, 0.05) is 30.8 Å². The predicted octanol–water partition coefficient (Wildman–Crippen LogP) is 3.06. The Morgan fingerprint density at radius 3 is 2.63 bits per heavy atom. The second kappa shape index (κ2) is 9.69. The number of likely N-dealkylation sites (N-methyl/N-ethyl adjacent to an activating group) is 1. The molecule has 7 heteroatoms. The van der Waals surface area contributed by atoms with Gasteiger partial charge in [0.05, 0.1) is 11.5 Å². The van der Waals surface area contributed by atoms with Gasteiger partial charge in [0.25, 0.3) is 5.69 Å². The van der Waals surface area contributed by atoms with Crippen molar-refractivity contribution >= 4 is 11.6 Å². The minimum Gasteiger partial charge on any atom is -0.355 e. The van der Waals surface area contributed by atoms with Gasteiger partial charge in [0.2, 0.25) is 0 Å². The zero-order valence-electron chi connectivity index (χ0n) is 16.2. The molecule has 2 fully saturated rings. The standard InChI is InChI=1S/C20H31N5O2/c1-2-24-13-5-8-19(24)15-22-20(23-17-6-3-4-7-17)21-14-16-9-11-18(12-10-16)25(26)27/h9-12,17,19H,2-8,13-15H2,1H3,(H2,21,22,23). The van der Waals surface area contributed by atoms with Crippen molar-refractivity contribution in [2.24, 2.45) is 4.99 Å². The van der Waals surface area contributed by atoms with Crippen molar-refractivity contribution in [3.63, 3.8) is 0 Å². The topological polar surface area (TPSA) is 82.8 Å². The lowest BCUT2D eigenvalue weighted by atomic mass is 10.2. The highest BCUT2D eigenvalue weighted by Crippen LogP contribution is 2.18. The summed E-state index contributed by atoms with van der Waals surface area (Å²) in [6, 6.07) is 7.72. The lowest BCUT2D eigenvalue weighted by Crippen LogP contribution is -2.47. The van der Waals surface area contributed by atoms with E-state index in [9.17, 15) is 10.1 Å². The number of benzene rings is 1. The number of likely N-dealkylation sites (tertiary alicyclic amines) is 1. The average molecular weight is 374 g/mol. The largest absolute Gasteiger partial charge is 0.355 e. The molecule has 0 spiro atoms. The van der Waals surface area contributed by atoms with Crippen molar-refractivity contribution in [3.05, 3.63) is 39.9 Å². The number of nitro benzene ring substituents is 1. The van der Waals surface area contributed by atoms with Crippen LogP contribution in [0.1, 0.15) is 51.0 Å². The van der Waals surface area contributed by atoms with E-state index in [1.165, 1.54) is 45.1 Å². The number of nitrogens with one attached hydrogen (secondary N) is 2. The van der Waals surface area contributed by atoms with Gasteiger partial charge in [-0.15, -0.1) is 0 Å². The molecule has 0 aromatic heterocycles. The molecule has 2 aliphatic rings. The van der Waals surface area contributed by atoms with Crippen molar-refractivity contribution in [1.82, 2.24) is 15.5 Å². The van der Waals surface area contributed by atoms with Crippen molar-refractivity contribution < 1.29 is 4.92 Å². The van der Waals surface area contributed by atoms with Crippen molar-refractivity contribution in [1.29, 1.82) is 0 Å². The minimum absolute atomic E-state index is 0.117. The van der Waals surface area contributed by atoms with Gasteiger partial charge >= 0.3 is 0 Å². The summed E-state index contributed by atoms with van der Waals surface area (Å²) in [5.74, 6) is 0.864. The molecule has 7 nitrogen and oxygen atoms in total. The van der Waals surface area contributed by atoms with Gasteiger partial charge in [-0.2, -0.15) is 0 Å². The molecule has 1 aliphatic carbocycles. The van der Waals surface area contributed by atoms with Gasteiger partial charge in [-0.1, -0.05) is 31.9 Å². The monoisotopic (exact) mass is 373 g/mol. The number of hydrogen-bond donors (Lipinski definition) is 2. The maximum Gasteiger partial charge on any atom is 0.269 e. The second-order valence-electron chi connectivity index (χ2n) is 7.52. The van der Waals surface area contributed by atoms with E-state index in [1.54, 1.807) is 24.3 Å². The van der Waals surface area contributed by atoms with Crippen LogP contribution in [0.5, 0.6) is 0 Å². The highest BCUT2D eigenvalue weighted by Gasteiger charge is 2.23. The van der Waals surface area contributed by atoms with Gasteiger partial charge < -0.3 is 10.6 Å². The Labute approximate surface area is 161 Å². The number of aliphatic imine (C=N–C) groups is 1. The summed E-state index contributed by atoms with van der Waals surface area (Å²) < 4.78 is 0. The van der Waals surface area contributed by atoms with Crippen LogP contribution in [-0.4, -0.2) is 47.5 Å². The molecule has 1 aromatic rings. The Hall–Kier alpha value is -2.15. The van der Waals surface area contributed by atoms with Gasteiger partial charge in [0.15, 0.2) is 5.96 Å². The van der Waals surface area contributed by atoms with Crippen LogP contribution in [0.15, 0.2) is 29.3 Å². The Kier molecular flexibility index (Phi) is 7.04. The summed E-state index contributed by atoms with van der Waals surface area (Å²) in [5, 5.41) is 17.9. The fourth-order valence-electron chi connectivity index (χ4n) is 4.07. The lowest BCUT2D eigenvalue weighted by molar-refractivity contribution is -0.384. The van der Waals surface area contributed by atoms with E-state index in [1.807, 2.05) is 0 Å². The first kappa shape index (κ1) is 19.6. The zero-order chi connectivity index (χ0) is 19.1. The number of guanidine groups is 1. The molecule has 2 N–H and O–H groups in total. The smallest absolute Gasteiger partial charge is 0.269 e. The Morgan fingerprint density at radius 1 is 1.22 bits per heavy atom. The van der Waals surface area contributed by atoms with Gasteiger partial charge in [0.1, 0.15) is 0 Å². The van der Waals surface area contributed by atoms with E-state index in [0.717, 1.165) is 24.6 Å². The SMILES string of the molecule is CCN1CCCC1CNC(=NCc1ccc([N+](=O)[O-])cc1)NC1CCCC1. The number of non-ortho nitro benzene ring substituents is 1. The summed E-state index contributed by atoms with van der Waals surface area (Å²) >= 11 is 0. The molecular weight excluding hydrogens is 342 g/mol. The van der Waals surface area contributed by atoms with Crippen LogP contribution in [0.2, 0.25) is 0 Å². The molecule has 1 atom stereocenters. The molecule has 1 unspecified atom stereocenters. The third kappa shape index (κ3) is 5.66. The van der Waals surface area contributed by atoms with E-state index in [2.05, 4.69) is 22.5 Å². The molecule has 1 saturated carbocycles. The Morgan fingerprint density at radius 2 is 1.96 bits per heavy atom. The van der Waals surface area contributed by atoms with Crippen molar-refractivity contribution in [2.45, 2.75) is 64.1 Å². The van der Waals surface area contributed by atoms with E-state index >= 15 is 0 Å². The number of rotatable bonds is 7. The summed E-state index contributed by atoms with van der Waals surface area (Å²) in [6.45, 7) is 5.93. The van der Waals surface area contributed by atoms with Gasteiger partial charge in [-0.25, -0.2) is 4.99 Å². The van der Waals surface area contributed by atoms with E-state index in [-0.39, 0.29) is 10.6 Å². The number of nitro groups is 1. The number of hydrogen-bond acceptors (Lipinski definition) is 4. The van der Waals surface area contributed by atoms with Crippen LogP contribution in [0.3, 0.4) is 0 Å². The lowest BCUT2D eigenvalue weighted by Gasteiger charge is -2.25. The first-order chi connectivity index (χ1) is 13.2. The summed E-state index contributed by atoms with van der Waals surface area (Å²) in [5.41, 5.74) is 1.09. The second-order valence-corrected chi connectivity index (χ2v) is 7.52. The van der Waals surface area contributed by atoms with Crippen molar-refractivity contribution in [3.8, 4) is 0 Å². The Bertz CT molecular complexity index is 640. The quantitative estimate of drug-likeness (QED) is 0.332. The Balaban J connectivity index is 1.61. The molecule has 0 radical (unpaired) electrons. The molecular formula is C20H31N5O2. The van der Waals surface area contributed by atoms with Crippen molar-refractivity contribution in [2.75, 3.05) is 19.6 Å². The van der Waals surface area contributed by atoms with E-state index in [0.29, 0.717) is 18.6 Å². The molecule has 0 bridgehead atoms. The van der Waals surface area contributed by atoms with Gasteiger partial charge in [-0.05, 0) is 44.3 Å². The molecule has 0 amide bonds. The van der Waals surface area contributed by atoms with E-state index in [4.69, 9.17) is 4.99 Å². The summed E-state index contributed by atoms with van der Waals surface area (Å²) in [6.07, 6.45) is 7.45. The minimum atomic E-state index is -0.372. The fourth-order valence-corrected chi connectivity index (χ4v) is 4.07. The molecule has 3 rings (SSSR count). The third-order valence-corrected chi connectivity index (χ3v) is 5.67. The zero-order valence-corrected chi connectivity index (χ0v) is 16.2. The summed E-state index contributed by atoms with van der Waals surface area (Å²) in [7, 11) is 0. The molecule has 1 aliphatic heterocycles. The maximum absolute atomic E-state index is 10.8. The van der Waals surface area contributed by atoms with Crippen LogP contribution in [0.4, 0.5) is 5.69 Å². The normalized spacial score (nSPS) is 21.5. The highest BCUT2D eigenvalue weighted by molar-refractivity contribution is 5.80. The molecule has 148 valence electrons.